The van der Waals surface area contributed by atoms with Crippen LogP contribution in [0.1, 0.15) is 35.5 Å². The van der Waals surface area contributed by atoms with E-state index in [0.29, 0.717) is 44.0 Å². The van der Waals surface area contributed by atoms with Gasteiger partial charge in [0, 0.05) is 55.2 Å². The van der Waals surface area contributed by atoms with Gasteiger partial charge in [-0.3, -0.25) is 9.69 Å². The SMILES string of the molecule is CCS(=O)(=O)N1CCN(C(C)Cn2c(C#N)cc3c(C)c(C=O)ccc32)CC1. The number of carbonyl (C=O) groups is 1. The highest BCUT2D eigenvalue weighted by Gasteiger charge is 2.28. The summed E-state index contributed by atoms with van der Waals surface area (Å²) in [7, 11) is -3.14. The first-order valence-corrected chi connectivity index (χ1v) is 11.1. The summed E-state index contributed by atoms with van der Waals surface area (Å²) >= 11 is 0. The molecule has 0 spiro atoms. The van der Waals surface area contributed by atoms with Crippen molar-refractivity contribution in [1.82, 2.24) is 13.8 Å². The number of rotatable bonds is 6. The van der Waals surface area contributed by atoms with Crippen LogP contribution in [0.3, 0.4) is 0 Å². The number of nitriles is 1. The molecule has 28 heavy (non-hydrogen) atoms. The second-order valence-corrected chi connectivity index (χ2v) is 9.52. The van der Waals surface area contributed by atoms with Gasteiger partial charge in [0.05, 0.1) is 5.75 Å². The van der Waals surface area contributed by atoms with Crippen LogP contribution in [0.2, 0.25) is 0 Å². The Morgan fingerprint density at radius 3 is 2.50 bits per heavy atom. The van der Waals surface area contributed by atoms with Gasteiger partial charge in [0.1, 0.15) is 18.0 Å². The Bertz CT molecular complexity index is 1030. The first-order chi connectivity index (χ1) is 13.3. The normalized spacial score (nSPS) is 17.5. The number of hydrogen-bond acceptors (Lipinski definition) is 5. The lowest BCUT2D eigenvalue weighted by Crippen LogP contribution is -2.52. The number of fused-ring (bicyclic) bond motifs is 1. The zero-order valence-electron chi connectivity index (χ0n) is 16.6. The molecule has 150 valence electrons. The summed E-state index contributed by atoms with van der Waals surface area (Å²) < 4.78 is 27.6. The molecule has 1 fully saturated rings. The fourth-order valence-corrected chi connectivity index (χ4v) is 4.98. The molecule has 1 aliphatic heterocycles. The topological polar surface area (TPSA) is 86.4 Å². The van der Waals surface area contributed by atoms with E-state index in [2.05, 4.69) is 17.9 Å². The molecule has 7 nitrogen and oxygen atoms in total. The zero-order chi connectivity index (χ0) is 20.5. The Morgan fingerprint density at radius 1 is 1.25 bits per heavy atom. The highest BCUT2D eigenvalue weighted by Crippen LogP contribution is 2.26. The minimum Gasteiger partial charge on any atom is -0.331 e. The van der Waals surface area contributed by atoms with Gasteiger partial charge in [-0.2, -0.15) is 9.57 Å². The Hall–Kier alpha value is -2.21. The third-order valence-electron chi connectivity index (χ3n) is 5.74. The van der Waals surface area contributed by atoms with Crippen LogP contribution < -0.4 is 0 Å². The van der Waals surface area contributed by atoms with E-state index >= 15 is 0 Å². The Morgan fingerprint density at radius 2 is 1.93 bits per heavy atom. The fourth-order valence-electron chi connectivity index (χ4n) is 3.89. The quantitative estimate of drug-likeness (QED) is 0.690. The van der Waals surface area contributed by atoms with Gasteiger partial charge in [-0.1, -0.05) is 0 Å². The van der Waals surface area contributed by atoms with Gasteiger partial charge in [0.15, 0.2) is 0 Å². The van der Waals surface area contributed by atoms with Crippen molar-refractivity contribution in [2.24, 2.45) is 0 Å². The first kappa shape index (κ1) is 20.5. The summed E-state index contributed by atoms with van der Waals surface area (Å²) in [5.41, 5.74) is 3.03. The smallest absolute Gasteiger partial charge is 0.213 e. The van der Waals surface area contributed by atoms with Crippen molar-refractivity contribution in [2.75, 3.05) is 31.9 Å². The lowest BCUT2D eigenvalue weighted by atomic mass is 10.1. The Balaban J connectivity index is 1.81. The first-order valence-electron chi connectivity index (χ1n) is 9.52. The maximum Gasteiger partial charge on any atom is 0.213 e. The number of aryl methyl sites for hydroxylation is 1. The molecule has 0 radical (unpaired) electrons. The van der Waals surface area contributed by atoms with Gasteiger partial charge in [0.2, 0.25) is 10.0 Å². The fraction of sp³-hybridized carbons (Fsp3) is 0.500. The van der Waals surface area contributed by atoms with Crippen molar-refractivity contribution < 1.29 is 13.2 Å². The summed E-state index contributed by atoms with van der Waals surface area (Å²) in [5, 5.41) is 10.5. The van der Waals surface area contributed by atoms with Crippen molar-refractivity contribution in [3.8, 4) is 6.07 Å². The van der Waals surface area contributed by atoms with Gasteiger partial charge in [-0.25, -0.2) is 8.42 Å². The van der Waals surface area contributed by atoms with Gasteiger partial charge in [-0.15, -0.1) is 0 Å². The number of benzene rings is 1. The maximum absolute atomic E-state index is 12.0. The second kappa shape index (κ2) is 8.03. The van der Waals surface area contributed by atoms with E-state index in [9.17, 15) is 18.5 Å². The van der Waals surface area contributed by atoms with E-state index in [-0.39, 0.29) is 11.8 Å². The molecule has 8 heteroatoms. The standard InChI is InChI=1S/C20H26N4O3S/c1-4-28(26,27)23-9-7-22(8-10-23)15(2)13-24-18(12-21)11-19-16(3)17(14-25)5-6-20(19)24/h5-6,11,14-15H,4,7-10,13H2,1-3H3. The van der Waals surface area contributed by atoms with Crippen molar-refractivity contribution in [1.29, 1.82) is 5.26 Å². The van der Waals surface area contributed by atoms with E-state index in [4.69, 9.17) is 0 Å². The minimum atomic E-state index is -3.14. The van der Waals surface area contributed by atoms with Crippen LogP contribution in [-0.2, 0) is 16.6 Å². The number of hydrogen-bond donors (Lipinski definition) is 0. The van der Waals surface area contributed by atoms with Crippen molar-refractivity contribution >= 4 is 27.2 Å². The van der Waals surface area contributed by atoms with Crippen molar-refractivity contribution in [3.63, 3.8) is 0 Å². The lowest BCUT2D eigenvalue weighted by molar-refractivity contribution is 0.112. The lowest BCUT2D eigenvalue weighted by Gasteiger charge is -2.37. The molecule has 0 saturated carbocycles. The van der Waals surface area contributed by atoms with Gasteiger partial charge in [0.25, 0.3) is 0 Å². The van der Waals surface area contributed by atoms with E-state index in [1.165, 1.54) is 0 Å². The van der Waals surface area contributed by atoms with E-state index in [1.54, 1.807) is 17.3 Å². The Labute approximate surface area is 166 Å². The van der Waals surface area contributed by atoms with E-state index < -0.39 is 10.0 Å². The summed E-state index contributed by atoms with van der Waals surface area (Å²) in [6.45, 7) is 8.65. The van der Waals surface area contributed by atoms with Crippen LogP contribution >= 0.6 is 0 Å². The van der Waals surface area contributed by atoms with Crippen LogP contribution in [0, 0.1) is 18.3 Å². The molecule has 1 aromatic carbocycles. The molecule has 2 aromatic rings. The molecule has 1 atom stereocenters. The second-order valence-electron chi connectivity index (χ2n) is 7.27. The zero-order valence-corrected chi connectivity index (χ0v) is 17.4. The average Bonchev–Trinajstić information content (AvgIpc) is 3.06. The molecule has 1 unspecified atom stereocenters. The molecule has 0 N–H and O–H groups in total. The van der Waals surface area contributed by atoms with Crippen LogP contribution in [0.15, 0.2) is 18.2 Å². The third-order valence-corrected chi connectivity index (χ3v) is 7.62. The number of carbonyl (C=O) groups excluding carboxylic acids is 1. The van der Waals surface area contributed by atoms with E-state index in [0.717, 1.165) is 22.8 Å². The molecule has 1 aromatic heterocycles. The van der Waals surface area contributed by atoms with E-state index in [1.807, 2.05) is 23.6 Å². The van der Waals surface area contributed by atoms with Crippen LogP contribution in [0.4, 0.5) is 0 Å². The molecule has 1 saturated heterocycles. The maximum atomic E-state index is 12.0. The number of piperazine rings is 1. The molecule has 0 bridgehead atoms. The van der Waals surface area contributed by atoms with Crippen molar-refractivity contribution in [2.45, 2.75) is 33.4 Å². The predicted molar refractivity (Wildman–Crippen MR) is 109 cm³/mol. The third kappa shape index (κ3) is 3.70. The molecule has 1 aliphatic rings. The molecular formula is C20H26N4O3S. The number of aromatic nitrogens is 1. The van der Waals surface area contributed by atoms with Crippen LogP contribution in [0.5, 0.6) is 0 Å². The summed E-state index contributed by atoms with van der Waals surface area (Å²) in [4.78, 5) is 13.5. The van der Waals surface area contributed by atoms with Gasteiger partial charge in [-0.05, 0) is 44.5 Å². The monoisotopic (exact) mass is 402 g/mol. The minimum absolute atomic E-state index is 0.131. The Kier molecular flexibility index (Phi) is 5.89. The summed E-state index contributed by atoms with van der Waals surface area (Å²) in [5.74, 6) is 0.131. The van der Waals surface area contributed by atoms with Gasteiger partial charge >= 0.3 is 0 Å². The summed E-state index contributed by atoms with van der Waals surface area (Å²) in [6, 6.07) is 7.94. The number of aldehydes is 1. The molecule has 0 amide bonds. The largest absolute Gasteiger partial charge is 0.331 e. The van der Waals surface area contributed by atoms with Crippen LogP contribution in [-0.4, -0.2) is 66.4 Å². The number of nitrogens with zero attached hydrogens (tertiary/aromatic N) is 4. The van der Waals surface area contributed by atoms with Crippen LogP contribution in [0.25, 0.3) is 10.9 Å². The highest BCUT2D eigenvalue weighted by atomic mass is 32.2. The molecule has 2 heterocycles. The molecule has 3 rings (SSSR count). The summed E-state index contributed by atoms with van der Waals surface area (Å²) in [6.07, 6.45) is 0.838. The number of sulfonamides is 1. The predicted octanol–water partition coefficient (Wildman–Crippen LogP) is 1.99. The molecular weight excluding hydrogens is 376 g/mol. The molecule has 0 aliphatic carbocycles. The average molecular weight is 403 g/mol. The van der Waals surface area contributed by atoms with Gasteiger partial charge < -0.3 is 4.57 Å². The van der Waals surface area contributed by atoms with Crippen molar-refractivity contribution in [3.05, 3.63) is 35.0 Å². The highest BCUT2D eigenvalue weighted by molar-refractivity contribution is 7.89.